The second-order valence-electron chi connectivity index (χ2n) is 7.56. The molecule has 1 aromatic heterocycles. The number of rotatable bonds is 6. The molecule has 1 amide bonds. The van der Waals surface area contributed by atoms with Crippen LogP contribution in [-0.2, 0) is 0 Å². The van der Waals surface area contributed by atoms with E-state index in [0.29, 0.717) is 17.1 Å². The van der Waals surface area contributed by atoms with E-state index in [1.165, 1.54) is 25.0 Å². The van der Waals surface area contributed by atoms with Crippen LogP contribution in [0.2, 0.25) is 5.02 Å². The topological polar surface area (TPSA) is 84.3 Å². The van der Waals surface area contributed by atoms with E-state index in [2.05, 4.69) is 15.2 Å². The van der Waals surface area contributed by atoms with Crippen LogP contribution in [0.4, 0.5) is 0 Å². The number of nitrogens with one attached hydrogen (secondary N) is 1. The smallest absolute Gasteiger partial charge is 0.287 e. The molecule has 3 aromatic rings. The molecule has 0 spiro atoms. The monoisotopic (exact) mass is 438 g/mol. The lowest BCUT2D eigenvalue weighted by Crippen LogP contribution is -2.38. The molecule has 7 nitrogen and oxygen atoms in total. The number of likely N-dealkylation sites (tertiary alicyclic amines) is 1. The van der Waals surface area contributed by atoms with Crippen LogP contribution >= 0.6 is 11.6 Å². The predicted octanol–water partition coefficient (Wildman–Crippen LogP) is 2.95. The molecule has 31 heavy (non-hydrogen) atoms. The number of para-hydroxylation sites is 1. The first-order chi connectivity index (χ1) is 15.0. The van der Waals surface area contributed by atoms with Gasteiger partial charge in [-0.15, -0.1) is 0 Å². The molecule has 0 bridgehead atoms. The molecule has 1 aliphatic rings. The van der Waals surface area contributed by atoms with Crippen molar-refractivity contribution in [3.8, 4) is 0 Å². The van der Waals surface area contributed by atoms with Crippen LogP contribution in [0, 0.1) is 0 Å². The molecule has 4 rings (SSSR count). The maximum Gasteiger partial charge on any atom is 0.287 e. The third-order valence-corrected chi connectivity index (χ3v) is 5.66. The Kier molecular flexibility index (Phi) is 6.44. The summed E-state index contributed by atoms with van der Waals surface area (Å²) in [6.07, 6.45) is 3.22. The lowest BCUT2D eigenvalue weighted by atomic mass is 10.2. The Morgan fingerprint density at radius 3 is 2.48 bits per heavy atom. The molecular weight excluding hydrogens is 416 g/mol. The zero-order valence-corrected chi connectivity index (χ0v) is 17.8. The van der Waals surface area contributed by atoms with Gasteiger partial charge in [-0.1, -0.05) is 23.7 Å². The number of hydrogen-bond donors (Lipinski definition) is 1. The molecule has 2 heterocycles. The summed E-state index contributed by atoms with van der Waals surface area (Å²) in [5, 5.41) is 3.55. The van der Waals surface area contributed by atoms with Crippen molar-refractivity contribution in [3.63, 3.8) is 0 Å². The third kappa shape index (κ3) is 4.68. The summed E-state index contributed by atoms with van der Waals surface area (Å²) in [6.45, 7) is 3.53. The van der Waals surface area contributed by atoms with Crippen LogP contribution < -0.4 is 10.9 Å². The van der Waals surface area contributed by atoms with Gasteiger partial charge in [0.25, 0.3) is 17.4 Å². The summed E-state index contributed by atoms with van der Waals surface area (Å²) in [6, 6.07) is 12.8. The average molecular weight is 439 g/mol. The van der Waals surface area contributed by atoms with E-state index in [9.17, 15) is 14.4 Å². The van der Waals surface area contributed by atoms with Gasteiger partial charge in [-0.3, -0.25) is 14.4 Å². The zero-order chi connectivity index (χ0) is 21.8. The minimum absolute atomic E-state index is 0.218. The van der Waals surface area contributed by atoms with Gasteiger partial charge in [-0.05, 0) is 75.3 Å². The first-order valence-corrected chi connectivity index (χ1v) is 10.7. The highest BCUT2D eigenvalue weighted by molar-refractivity contribution is 6.30. The van der Waals surface area contributed by atoms with Crippen molar-refractivity contribution in [2.75, 3.05) is 26.2 Å². The third-order valence-electron chi connectivity index (χ3n) is 5.41. The number of benzene rings is 2. The highest BCUT2D eigenvalue weighted by Crippen LogP contribution is 2.13. The van der Waals surface area contributed by atoms with Crippen LogP contribution in [0.5, 0.6) is 0 Å². The van der Waals surface area contributed by atoms with Gasteiger partial charge in [-0.2, -0.15) is 0 Å². The van der Waals surface area contributed by atoms with Gasteiger partial charge in [0.15, 0.2) is 0 Å². The predicted molar refractivity (Wildman–Crippen MR) is 120 cm³/mol. The second kappa shape index (κ2) is 9.41. The van der Waals surface area contributed by atoms with Crippen molar-refractivity contribution in [2.45, 2.75) is 19.3 Å². The molecular formula is C23H23ClN4O3. The molecule has 0 saturated carbocycles. The van der Waals surface area contributed by atoms with Crippen LogP contribution in [0.15, 0.2) is 53.3 Å². The van der Waals surface area contributed by atoms with Crippen molar-refractivity contribution in [1.29, 1.82) is 0 Å². The highest BCUT2D eigenvalue weighted by Gasteiger charge is 2.23. The molecule has 2 aromatic carbocycles. The van der Waals surface area contributed by atoms with Crippen LogP contribution in [0.3, 0.4) is 0 Å². The van der Waals surface area contributed by atoms with E-state index in [1.807, 2.05) is 0 Å². The van der Waals surface area contributed by atoms with E-state index in [0.717, 1.165) is 30.6 Å². The number of fused-ring (bicyclic) bond motifs is 1. The quantitative estimate of drug-likeness (QED) is 0.598. The molecule has 1 saturated heterocycles. The van der Waals surface area contributed by atoms with Crippen molar-refractivity contribution in [2.24, 2.45) is 0 Å². The Morgan fingerprint density at radius 2 is 1.74 bits per heavy atom. The van der Waals surface area contributed by atoms with E-state index in [4.69, 9.17) is 11.6 Å². The number of carbonyl (C=O) groups is 2. The van der Waals surface area contributed by atoms with Gasteiger partial charge >= 0.3 is 0 Å². The SMILES string of the molecule is O=C(NCCCN1CCCC1)c1nc2ccccc2c(=O)n1C(=O)c1ccc(Cl)cc1. The Balaban J connectivity index is 1.63. The molecule has 8 heteroatoms. The van der Waals surface area contributed by atoms with Crippen molar-refractivity contribution >= 4 is 34.3 Å². The molecule has 1 aliphatic heterocycles. The number of nitrogens with zero attached hydrogens (tertiary/aromatic N) is 3. The minimum atomic E-state index is -0.623. The number of amides is 1. The lowest BCUT2D eigenvalue weighted by molar-refractivity contribution is 0.0889. The molecule has 0 atom stereocenters. The van der Waals surface area contributed by atoms with Crippen LogP contribution in [-0.4, -0.2) is 52.4 Å². The molecule has 0 unspecified atom stereocenters. The van der Waals surface area contributed by atoms with Gasteiger partial charge in [0.2, 0.25) is 5.82 Å². The van der Waals surface area contributed by atoms with E-state index < -0.39 is 17.4 Å². The Hall–Kier alpha value is -3.03. The number of hydrogen-bond acceptors (Lipinski definition) is 5. The largest absolute Gasteiger partial charge is 0.349 e. The van der Waals surface area contributed by atoms with Gasteiger partial charge in [0.1, 0.15) is 0 Å². The fraction of sp³-hybridized carbons (Fsp3) is 0.304. The fourth-order valence-corrected chi connectivity index (χ4v) is 3.91. The highest BCUT2D eigenvalue weighted by atomic mass is 35.5. The number of halogens is 1. The van der Waals surface area contributed by atoms with E-state index in [1.54, 1.807) is 36.4 Å². The Labute approximate surface area is 184 Å². The maximum atomic E-state index is 13.1. The number of carbonyl (C=O) groups excluding carboxylic acids is 2. The second-order valence-corrected chi connectivity index (χ2v) is 8.00. The molecule has 0 radical (unpaired) electrons. The normalized spacial score (nSPS) is 14.1. The zero-order valence-electron chi connectivity index (χ0n) is 17.0. The van der Waals surface area contributed by atoms with Crippen molar-refractivity contribution < 1.29 is 9.59 Å². The van der Waals surface area contributed by atoms with E-state index >= 15 is 0 Å². The summed E-state index contributed by atoms with van der Waals surface area (Å²) in [5.74, 6) is -1.39. The molecule has 1 N–H and O–H groups in total. The van der Waals surface area contributed by atoms with Gasteiger partial charge in [0.05, 0.1) is 10.9 Å². The van der Waals surface area contributed by atoms with Gasteiger partial charge in [-0.25, -0.2) is 9.55 Å². The minimum Gasteiger partial charge on any atom is -0.349 e. The summed E-state index contributed by atoms with van der Waals surface area (Å²) >= 11 is 5.91. The molecule has 1 fully saturated rings. The molecule has 0 aliphatic carbocycles. The van der Waals surface area contributed by atoms with Crippen molar-refractivity contribution in [1.82, 2.24) is 19.8 Å². The summed E-state index contributed by atoms with van der Waals surface area (Å²) in [7, 11) is 0. The maximum absolute atomic E-state index is 13.1. The van der Waals surface area contributed by atoms with E-state index in [-0.39, 0.29) is 16.8 Å². The summed E-state index contributed by atoms with van der Waals surface area (Å²) < 4.78 is 0.849. The first kappa shape index (κ1) is 21.2. The average Bonchev–Trinajstić information content (AvgIpc) is 3.30. The van der Waals surface area contributed by atoms with Crippen LogP contribution in [0.1, 0.15) is 40.2 Å². The van der Waals surface area contributed by atoms with Gasteiger partial charge in [0, 0.05) is 17.1 Å². The van der Waals surface area contributed by atoms with Crippen molar-refractivity contribution in [3.05, 3.63) is 75.3 Å². The summed E-state index contributed by atoms with van der Waals surface area (Å²) in [5.41, 5.74) is 0.0364. The number of aromatic nitrogens is 2. The van der Waals surface area contributed by atoms with Gasteiger partial charge < -0.3 is 10.2 Å². The lowest BCUT2D eigenvalue weighted by Gasteiger charge is -2.15. The standard InChI is InChI=1S/C23H23ClN4O3/c24-17-10-8-16(9-11-17)22(30)28-20(26-19-7-2-1-6-18(19)23(28)31)21(29)25-12-5-15-27-13-3-4-14-27/h1-2,6-11H,3-5,12-15H2,(H,25,29). The Bertz CT molecular complexity index is 1170. The fourth-order valence-electron chi connectivity index (χ4n) is 3.78. The summed E-state index contributed by atoms with van der Waals surface area (Å²) in [4.78, 5) is 45.9. The first-order valence-electron chi connectivity index (χ1n) is 10.4. The van der Waals surface area contributed by atoms with Crippen LogP contribution in [0.25, 0.3) is 10.9 Å². The Morgan fingerprint density at radius 1 is 1.03 bits per heavy atom. The molecule has 160 valence electrons.